The van der Waals surface area contributed by atoms with E-state index in [9.17, 15) is 0 Å². The summed E-state index contributed by atoms with van der Waals surface area (Å²) in [5.74, 6) is 4.31. The lowest BCUT2D eigenvalue weighted by molar-refractivity contribution is 0.294. The summed E-state index contributed by atoms with van der Waals surface area (Å²) >= 11 is 2.05. The zero-order valence-electron chi connectivity index (χ0n) is 11.5. The fraction of sp³-hybridized carbons (Fsp3) is 0.294. The highest BCUT2D eigenvalue weighted by Gasteiger charge is 2.10. The second-order valence-electron chi connectivity index (χ2n) is 4.95. The lowest BCUT2D eigenvalue weighted by Crippen LogP contribution is -2.31. The number of hydrogen-bond acceptors (Lipinski definition) is 3. The predicted octanol–water partition coefficient (Wildman–Crippen LogP) is 4.03. The third-order valence-electron chi connectivity index (χ3n) is 3.39. The predicted molar refractivity (Wildman–Crippen MR) is 85.6 cm³/mol. The summed E-state index contributed by atoms with van der Waals surface area (Å²) in [6, 6.07) is 18.4. The van der Waals surface area contributed by atoms with E-state index in [2.05, 4.69) is 23.1 Å². The summed E-state index contributed by atoms with van der Waals surface area (Å²) in [5, 5.41) is 0. The molecule has 1 heterocycles. The molecule has 0 atom stereocenters. The van der Waals surface area contributed by atoms with E-state index in [0.717, 1.165) is 18.0 Å². The number of rotatable bonds is 4. The summed E-state index contributed by atoms with van der Waals surface area (Å²) < 4.78 is 5.89. The third-order valence-corrected chi connectivity index (χ3v) is 4.33. The minimum Gasteiger partial charge on any atom is -0.457 e. The van der Waals surface area contributed by atoms with Crippen molar-refractivity contribution in [2.24, 2.45) is 0 Å². The largest absolute Gasteiger partial charge is 0.457 e. The van der Waals surface area contributed by atoms with Crippen LogP contribution in [-0.2, 0) is 6.54 Å². The number of nitrogens with zero attached hydrogens (tertiary/aromatic N) is 1. The quantitative estimate of drug-likeness (QED) is 0.841. The molecule has 0 spiro atoms. The summed E-state index contributed by atoms with van der Waals surface area (Å²) in [7, 11) is 0. The van der Waals surface area contributed by atoms with Gasteiger partial charge in [-0.2, -0.15) is 11.8 Å². The van der Waals surface area contributed by atoms with Crippen LogP contribution in [0.2, 0.25) is 0 Å². The van der Waals surface area contributed by atoms with Gasteiger partial charge in [-0.25, -0.2) is 0 Å². The minimum absolute atomic E-state index is 0.888. The molecule has 1 aliphatic heterocycles. The van der Waals surface area contributed by atoms with Gasteiger partial charge in [0.05, 0.1) is 0 Å². The third kappa shape index (κ3) is 3.78. The summed E-state index contributed by atoms with van der Waals surface area (Å²) in [5.41, 5.74) is 1.32. The van der Waals surface area contributed by atoms with Crippen molar-refractivity contribution in [2.45, 2.75) is 6.54 Å². The van der Waals surface area contributed by atoms with Crippen molar-refractivity contribution in [3.8, 4) is 11.5 Å². The van der Waals surface area contributed by atoms with Gasteiger partial charge in [-0.3, -0.25) is 4.90 Å². The van der Waals surface area contributed by atoms with E-state index in [0.29, 0.717) is 0 Å². The Kier molecular flexibility index (Phi) is 4.61. The summed E-state index contributed by atoms with van der Waals surface area (Å²) in [6.45, 7) is 3.40. The van der Waals surface area contributed by atoms with E-state index in [-0.39, 0.29) is 0 Å². The van der Waals surface area contributed by atoms with E-state index in [1.807, 2.05) is 48.2 Å². The first-order chi connectivity index (χ1) is 9.90. The molecule has 2 nitrogen and oxygen atoms in total. The molecule has 0 unspecified atom stereocenters. The molecular weight excluding hydrogens is 266 g/mol. The Bertz CT molecular complexity index is 538. The number of ether oxygens (including phenoxy) is 1. The summed E-state index contributed by atoms with van der Waals surface area (Å²) in [6.07, 6.45) is 0. The monoisotopic (exact) mass is 285 g/mol. The van der Waals surface area contributed by atoms with Crippen LogP contribution < -0.4 is 4.74 Å². The Labute approximate surface area is 124 Å². The normalized spacial score (nSPS) is 16.0. The molecule has 0 aliphatic carbocycles. The van der Waals surface area contributed by atoms with Crippen LogP contribution in [0.3, 0.4) is 0 Å². The van der Waals surface area contributed by atoms with Gasteiger partial charge in [0.1, 0.15) is 11.5 Å². The fourth-order valence-electron chi connectivity index (χ4n) is 2.35. The lowest BCUT2D eigenvalue weighted by Gasteiger charge is -2.26. The second-order valence-corrected chi connectivity index (χ2v) is 6.18. The van der Waals surface area contributed by atoms with Crippen LogP contribution in [-0.4, -0.2) is 29.5 Å². The second kappa shape index (κ2) is 6.82. The van der Waals surface area contributed by atoms with E-state index in [1.54, 1.807) is 0 Å². The molecule has 0 N–H and O–H groups in total. The minimum atomic E-state index is 0.888. The molecule has 0 aromatic heterocycles. The Morgan fingerprint density at radius 2 is 1.65 bits per heavy atom. The molecule has 1 aliphatic rings. The molecule has 2 aromatic carbocycles. The molecule has 104 valence electrons. The van der Waals surface area contributed by atoms with Crippen LogP contribution in [0.4, 0.5) is 0 Å². The van der Waals surface area contributed by atoms with E-state index in [1.165, 1.54) is 30.2 Å². The van der Waals surface area contributed by atoms with E-state index >= 15 is 0 Å². The molecule has 0 bridgehead atoms. The first-order valence-corrected chi connectivity index (χ1v) is 8.17. The first kappa shape index (κ1) is 13.5. The molecule has 3 heteroatoms. The van der Waals surface area contributed by atoms with Crippen molar-refractivity contribution >= 4 is 11.8 Å². The Morgan fingerprint density at radius 3 is 2.45 bits per heavy atom. The van der Waals surface area contributed by atoms with Gasteiger partial charge < -0.3 is 4.74 Å². The molecule has 0 saturated carbocycles. The van der Waals surface area contributed by atoms with Crippen LogP contribution in [0.25, 0.3) is 0 Å². The number of benzene rings is 2. The van der Waals surface area contributed by atoms with Crippen LogP contribution >= 0.6 is 11.8 Å². The standard InChI is InChI=1S/C17H19NOS/c1-2-6-16(7-3-1)19-17-8-4-5-15(13-17)14-18-9-11-20-12-10-18/h1-8,13H,9-12,14H2. The number of hydrogen-bond donors (Lipinski definition) is 0. The van der Waals surface area contributed by atoms with Gasteiger partial charge in [0.15, 0.2) is 0 Å². The highest BCUT2D eigenvalue weighted by Crippen LogP contribution is 2.23. The highest BCUT2D eigenvalue weighted by atomic mass is 32.2. The van der Waals surface area contributed by atoms with Gasteiger partial charge in [-0.15, -0.1) is 0 Å². The molecule has 0 radical (unpaired) electrons. The Balaban J connectivity index is 1.66. The maximum absolute atomic E-state index is 5.89. The number of thioether (sulfide) groups is 1. The van der Waals surface area contributed by atoms with Crippen molar-refractivity contribution in [3.63, 3.8) is 0 Å². The van der Waals surface area contributed by atoms with Gasteiger partial charge in [-0.05, 0) is 29.8 Å². The maximum atomic E-state index is 5.89. The SMILES string of the molecule is c1ccc(Oc2cccc(CN3CCSCC3)c2)cc1. The van der Waals surface area contributed by atoms with Crippen molar-refractivity contribution in [1.29, 1.82) is 0 Å². The highest BCUT2D eigenvalue weighted by molar-refractivity contribution is 7.99. The van der Waals surface area contributed by atoms with Crippen molar-refractivity contribution < 1.29 is 4.74 Å². The zero-order valence-corrected chi connectivity index (χ0v) is 12.3. The van der Waals surface area contributed by atoms with Gasteiger partial charge >= 0.3 is 0 Å². The van der Waals surface area contributed by atoms with Crippen molar-refractivity contribution in [3.05, 3.63) is 60.2 Å². The Morgan fingerprint density at radius 1 is 0.900 bits per heavy atom. The van der Waals surface area contributed by atoms with Crippen LogP contribution in [0.5, 0.6) is 11.5 Å². The molecule has 1 fully saturated rings. The van der Waals surface area contributed by atoms with E-state index < -0.39 is 0 Å². The maximum Gasteiger partial charge on any atom is 0.127 e. The lowest BCUT2D eigenvalue weighted by atomic mass is 10.2. The van der Waals surface area contributed by atoms with Crippen LogP contribution in [0.1, 0.15) is 5.56 Å². The molecule has 0 amide bonds. The molecule has 3 rings (SSSR count). The smallest absolute Gasteiger partial charge is 0.127 e. The van der Waals surface area contributed by atoms with Crippen molar-refractivity contribution in [1.82, 2.24) is 4.90 Å². The Hall–Kier alpha value is -1.45. The molecule has 2 aromatic rings. The number of para-hydroxylation sites is 1. The average Bonchev–Trinajstić information content (AvgIpc) is 2.50. The average molecular weight is 285 g/mol. The van der Waals surface area contributed by atoms with Gasteiger partial charge in [0.2, 0.25) is 0 Å². The van der Waals surface area contributed by atoms with E-state index in [4.69, 9.17) is 4.74 Å². The van der Waals surface area contributed by atoms with Gasteiger partial charge in [0, 0.05) is 31.1 Å². The molecular formula is C17H19NOS. The topological polar surface area (TPSA) is 12.5 Å². The summed E-state index contributed by atoms with van der Waals surface area (Å²) in [4.78, 5) is 2.51. The van der Waals surface area contributed by atoms with Gasteiger partial charge in [-0.1, -0.05) is 30.3 Å². The first-order valence-electron chi connectivity index (χ1n) is 7.02. The van der Waals surface area contributed by atoms with Gasteiger partial charge in [0.25, 0.3) is 0 Å². The fourth-order valence-corrected chi connectivity index (χ4v) is 3.33. The molecule has 20 heavy (non-hydrogen) atoms. The van der Waals surface area contributed by atoms with Crippen molar-refractivity contribution in [2.75, 3.05) is 24.6 Å². The van der Waals surface area contributed by atoms with Crippen LogP contribution in [0.15, 0.2) is 54.6 Å². The van der Waals surface area contributed by atoms with Crippen LogP contribution in [0, 0.1) is 0 Å². The molecule has 1 saturated heterocycles. The zero-order chi connectivity index (χ0) is 13.6.